The van der Waals surface area contributed by atoms with Crippen LogP contribution in [0.3, 0.4) is 0 Å². The minimum atomic E-state index is -2.77. The van der Waals surface area contributed by atoms with Crippen molar-refractivity contribution >= 4 is 0 Å². The minimum absolute atomic E-state index is 0.216. The van der Waals surface area contributed by atoms with Crippen molar-refractivity contribution in [3.05, 3.63) is 65.2 Å². The molecule has 0 saturated heterocycles. The molecule has 3 rings (SSSR count). The maximum atomic E-state index is 12.2. The fourth-order valence-corrected chi connectivity index (χ4v) is 4.55. The van der Waals surface area contributed by atoms with Crippen LogP contribution >= 0.6 is 0 Å². The van der Waals surface area contributed by atoms with E-state index in [0.29, 0.717) is 0 Å². The largest absolute Gasteiger partial charge is 0.435 e. The van der Waals surface area contributed by atoms with Crippen LogP contribution in [0.2, 0.25) is 0 Å². The molecular weight excluding hydrogens is 366 g/mol. The van der Waals surface area contributed by atoms with Crippen molar-refractivity contribution in [1.82, 2.24) is 0 Å². The molecule has 0 heterocycles. The van der Waals surface area contributed by atoms with Crippen LogP contribution < -0.4 is 4.74 Å². The maximum Gasteiger partial charge on any atom is 0.387 e. The molecule has 0 aromatic heterocycles. The van der Waals surface area contributed by atoms with Gasteiger partial charge in [-0.2, -0.15) is 8.78 Å². The Morgan fingerprint density at radius 2 is 1.41 bits per heavy atom. The van der Waals surface area contributed by atoms with Crippen LogP contribution in [-0.2, 0) is 12.8 Å². The SMILES string of the molecule is CCCCC[C@H]1CC[C@H](c2ccc(CCc3ccc(OC(F)F)cc3)cc2)CC1. The zero-order chi connectivity index (χ0) is 20.5. The smallest absolute Gasteiger partial charge is 0.387 e. The molecule has 0 radical (unpaired) electrons. The van der Waals surface area contributed by atoms with Gasteiger partial charge in [-0.25, -0.2) is 0 Å². The Morgan fingerprint density at radius 3 is 1.97 bits per heavy atom. The van der Waals surface area contributed by atoms with Crippen LogP contribution in [0, 0.1) is 5.92 Å². The Bertz CT molecular complexity index is 700. The van der Waals surface area contributed by atoms with Crippen LogP contribution in [0.1, 0.15) is 80.9 Å². The molecule has 0 unspecified atom stereocenters. The summed E-state index contributed by atoms with van der Waals surface area (Å²) in [5.74, 6) is 1.90. The highest BCUT2D eigenvalue weighted by molar-refractivity contribution is 5.30. The fourth-order valence-electron chi connectivity index (χ4n) is 4.55. The first-order chi connectivity index (χ1) is 14.1. The van der Waals surface area contributed by atoms with Crippen molar-refractivity contribution in [2.45, 2.75) is 83.7 Å². The first kappa shape index (κ1) is 21.8. The van der Waals surface area contributed by atoms with E-state index < -0.39 is 6.61 Å². The third-order valence-corrected chi connectivity index (χ3v) is 6.36. The fraction of sp³-hybridized carbons (Fsp3) is 0.538. The Kier molecular flexibility index (Phi) is 8.52. The van der Waals surface area contributed by atoms with E-state index in [4.69, 9.17) is 0 Å². The standard InChI is InChI=1S/C26H34F2O/c1-2-3-4-5-20-8-14-23(15-9-20)24-16-10-21(11-17-24)6-7-22-12-18-25(19-13-22)29-26(27)28/h10-13,16-20,23,26H,2-9,14-15H2,1H3/t20-,23-. The molecular formula is C26H34F2O. The second-order valence-corrected chi connectivity index (χ2v) is 8.48. The summed E-state index contributed by atoms with van der Waals surface area (Å²) in [5, 5.41) is 0. The van der Waals surface area contributed by atoms with Crippen LogP contribution in [0.4, 0.5) is 8.78 Å². The molecule has 0 aliphatic heterocycles. The molecule has 0 atom stereocenters. The molecule has 1 saturated carbocycles. The Balaban J connectivity index is 1.43. The van der Waals surface area contributed by atoms with Gasteiger partial charge in [0.05, 0.1) is 0 Å². The molecule has 158 valence electrons. The minimum Gasteiger partial charge on any atom is -0.435 e. The number of rotatable bonds is 10. The number of ether oxygens (including phenoxy) is 1. The van der Waals surface area contributed by atoms with E-state index in [-0.39, 0.29) is 5.75 Å². The second-order valence-electron chi connectivity index (χ2n) is 8.48. The molecule has 3 heteroatoms. The highest BCUT2D eigenvalue weighted by atomic mass is 19.3. The Labute approximate surface area is 174 Å². The van der Waals surface area contributed by atoms with Crippen LogP contribution in [0.5, 0.6) is 5.75 Å². The zero-order valence-electron chi connectivity index (χ0n) is 17.6. The van der Waals surface area contributed by atoms with Crippen molar-refractivity contribution in [2.75, 3.05) is 0 Å². The number of hydrogen-bond donors (Lipinski definition) is 0. The van der Waals surface area contributed by atoms with Crippen molar-refractivity contribution in [2.24, 2.45) is 5.92 Å². The van der Waals surface area contributed by atoms with Gasteiger partial charge in [0.1, 0.15) is 5.75 Å². The van der Waals surface area contributed by atoms with Gasteiger partial charge in [-0.05, 0) is 79.2 Å². The molecule has 0 amide bonds. The Morgan fingerprint density at radius 1 is 0.828 bits per heavy atom. The van der Waals surface area contributed by atoms with Crippen LogP contribution in [0.15, 0.2) is 48.5 Å². The van der Waals surface area contributed by atoms with Gasteiger partial charge in [0, 0.05) is 0 Å². The van der Waals surface area contributed by atoms with Gasteiger partial charge in [0.25, 0.3) is 0 Å². The van der Waals surface area contributed by atoms with E-state index in [9.17, 15) is 8.78 Å². The van der Waals surface area contributed by atoms with Gasteiger partial charge in [0.15, 0.2) is 0 Å². The first-order valence-electron chi connectivity index (χ1n) is 11.3. The van der Waals surface area contributed by atoms with Gasteiger partial charge < -0.3 is 4.74 Å². The summed E-state index contributed by atoms with van der Waals surface area (Å²) in [7, 11) is 0. The highest BCUT2D eigenvalue weighted by Crippen LogP contribution is 2.37. The summed E-state index contributed by atoms with van der Waals surface area (Å²) in [6, 6.07) is 16.1. The predicted molar refractivity (Wildman–Crippen MR) is 116 cm³/mol. The lowest BCUT2D eigenvalue weighted by molar-refractivity contribution is -0.0498. The summed E-state index contributed by atoms with van der Waals surface area (Å²) < 4.78 is 28.8. The lowest BCUT2D eigenvalue weighted by Crippen LogP contribution is -2.13. The van der Waals surface area contributed by atoms with Crippen molar-refractivity contribution in [3.63, 3.8) is 0 Å². The topological polar surface area (TPSA) is 9.23 Å². The van der Waals surface area contributed by atoms with E-state index >= 15 is 0 Å². The molecule has 0 spiro atoms. The lowest BCUT2D eigenvalue weighted by atomic mass is 9.77. The number of alkyl halides is 2. The normalized spacial score (nSPS) is 19.4. The average molecular weight is 401 g/mol. The summed E-state index contributed by atoms with van der Waals surface area (Å²) in [5.41, 5.74) is 3.96. The predicted octanol–water partition coefficient (Wildman–Crippen LogP) is 7.93. The lowest BCUT2D eigenvalue weighted by Gasteiger charge is -2.29. The number of benzene rings is 2. The maximum absolute atomic E-state index is 12.2. The third-order valence-electron chi connectivity index (χ3n) is 6.36. The number of hydrogen-bond acceptors (Lipinski definition) is 1. The number of aryl methyl sites for hydroxylation is 2. The zero-order valence-corrected chi connectivity index (χ0v) is 17.6. The molecule has 2 aromatic rings. The van der Waals surface area contributed by atoms with Gasteiger partial charge in [-0.15, -0.1) is 0 Å². The second kappa shape index (κ2) is 11.3. The summed E-state index contributed by atoms with van der Waals surface area (Å²) in [6.45, 7) is -0.488. The quantitative estimate of drug-likeness (QED) is 0.368. The first-order valence-corrected chi connectivity index (χ1v) is 11.3. The van der Waals surface area contributed by atoms with Gasteiger partial charge in [0.2, 0.25) is 0 Å². The molecule has 1 aliphatic rings. The van der Waals surface area contributed by atoms with Crippen molar-refractivity contribution in [1.29, 1.82) is 0 Å². The molecule has 0 N–H and O–H groups in total. The highest BCUT2D eigenvalue weighted by Gasteiger charge is 2.21. The van der Waals surface area contributed by atoms with Crippen molar-refractivity contribution < 1.29 is 13.5 Å². The molecule has 2 aromatic carbocycles. The summed E-state index contributed by atoms with van der Waals surface area (Å²) in [4.78, 5) is 0. The number of unbranched alkanes of at least 4 members (excludes halogenated alkanes) is 2. The van der Waals surface area contributed by atoms with E-state index in [1.165, 1.54) is 62.5 Å². The average Bonchev–Trinajstić information content (AvgIpc) is 2.74. The van der Waals surface area contributed by atoms with E-state index in [1.54, 1.807) is 12.1 Å². The molecule has 0 bridgehead atoms. The van der Waals surface area contributed by atoms with Crippen LogP contribution in [-0.4, -0.2) is 6.61 Å². The Hall–Kier alpha value is -1.90. The molecule has 1 aliphatic carbocycles. The van der Waals surface area contributed by atoms with E-state index in [0.717, 1.165) is 30.2 Å². The summed E-state index contributed by atoms with van der Waals surface area (Å²) in [6.07, 6.45) is 12.8. The number of halogens is 2. The summed E-state index contributed by atoms with van der Waals surface area (Å²) >= 11 is 0. The van der Waals surface area contributed by atoms with Gasteiger partial charge in [-0.1, -0.05) is 69.0 Å². The van der Waals surface area contributed by atoms with Crippen LogP contribution in [0.25, 0.3) is 0 Å². The molecule has 29 heavy (non-hydrogen) atoms. The molecule has 1 nitrogen and oxygen atoms in total. The third kappa shape index (κ3) is 7.13. The van der Waals surface area contributed by atoms with E-state index in [1.807, 2.05) is 12.1 Å². The molecule has 1 fully saturated rings. The monoisotopic (exact) mass is 400 g/mol. The van der Waals surface area contributed by atoms with Gasteiger partial charge >= 0.3 is 6.61 Å². The van der Waals surface area contributed by atoms with E-state index in [2.05, 4.69) is 35.9 Å². The van der Waals surface area contributed by atoms with Crippen molar-refractivity contribution in [3.8, 4) is 5.75 Å². The van der Waals surface area contributed by atoms with Gasteiger partial charge in [-0.3, -0.25) is 0 Å².